The van der Waals surface area contributed by atoms with Crippen molar-refractivity contribution in [1.82, 2.24) is 0 Å². The van der Waals surface area contributed by atoms with Crippen LogP contribution >= 0.6 is 0 Å². The van der Waals surface area contributed by atoms with Gasteiger partial charge in [0, 0.05) is 6.04 Å². The van der Waals surface area contributed by atoms with Crippen molar-refractivity contribution < 1.29 is 0 Å². The highest BCUT2D eigenvalue weighted by molar-refractivity contribution is 5.71. The Bertz CT molecular complexity index is 578. The lowest BCUT2D eigenvalue weighted by atomic mass is 9.94. The van der Waals surface area contributed by atoms with Crippen LogP contribution < -0.4 is 5.73 Å². The molecule has 1 unspecified atom stereocenters. The van der Waals surface area contributed by atoms with Crippen molar-refractivity contribution in [3.63, 3.8) is 0 Å². The van der Waals surface area contributed by atoms with Crippen LogP contribution in [0.3, 0.4) is 0 Å². The quantitative estimate of drug-likeness (QED) is 0.799. The Morgan fingerprint density at radius 2 is 1.78 bits per heavy atom. The van der Waals surface area contributed by atoms with E-state index in [9.17, 15) is 0 Å². The van der Waals surface area contributed by atoms with E-state index in [1.165, 1.54) is 33.4 Å². The van der Waals surface area contributed by atoms with Gasteiger partial charge >= 0.3 is 0 Å². The summed E-state index contributed by atoms with van der Waals surface area (Å²) in [7, 11) is 0. The summed E-state index contributed by atoms with van der Waals surface area (Å²) in [6, 6.07) is 13.5. The molecule has 0 aromatic heterocycles. The second kappa shape index (κ2) is 4.25. The van der Waals surface area contributed by atoms with Crippen LogP contribution in [0.25, 0.3) is 11.1 Å². The maximum Gasteiger partial charge on any atom is 0.0300 e. The Hall–Kier alpha value is -1.60. The Labute approximate surface area is 109 Å². The van der Waals surface area contributed by atoms with E-state index in [4.69, 9.17) is 5.73 Å². The van der Waals surface area contributed by atoms with Gasteiger partial charge in [0.2, 0.25) is 0 Å². The number of aryl methyl sites for hydroxylation is 2. The molecular formula is C17H19N. The summed E-state index contributed by atoms with van der Waals surface area (Å²) in [5, 5.41) is 0. The Kier molecular flexibility index (Phi) is 2.71. The van der Waals surface area contributed by atoms with E-state index in [0.29, 0.717) is 0 Å². The maximum absolute atomic E-state index is 6.15. The summed E-state index contributed by atoms with van der Waals surface area (Å²) in [5.41, 5.74) is 14.3. The summed E-state index contributed by atoms with van der Waals surface area (Å²) >= 11 is 0. The van der Waals surface area contributed by atoms with Crippen molar-refractivity contribution in [2.24, 2.45) is 5.73 Å². The zero-order chi connectivity index (χ0) is 12.7. The van der Waals surface area contributed by atoms with Crippen molar-refractivity contribution in [2.45, 2.75) is 32.7 Å². The zero-order valence-corrected chi connectivity index (χ0v) is 11.0. The molecule has 0 spiro atoms. The molecule has 2 aromatic rings. The number of benzene rings is 2. The Balaban J connectivity index is 2.18. The first-order valence-corrected chi connectivity index (χ1v) is 6.61. The molecule has 1 heteroatoms. The molecule has 2 aromatic carbocycles. The van der Waals surface area contributed by atoms with Crippen molar-refractivity contribution in [3.05, 3.63) is 58.7 Å². The zero-order valence-electron chi connectivity index (χ0n) is 11.0. The fourth-order valence-electron chi connectivity index (χ4n) is 3.09. The Morgan fingerprint density at radius 1 is 1.06 bits per heavy atom. The molecule has 18 heavy (non-hydrogen) atoms. The normalized spacial score (nSPS) is 17.8. The van der Waals surface area contributed by atoms with Gasteiger partial charge < -0.3 is 5.73 Å². The van der Waals surface area contributed by atoms with E-state index in [1.54, 1.807) is 0 Å². The van der Waals surface area contributed by atoms with Gasteiger partial charge in [0.05, 0.1) is 0 Å². The highest BCUT2D eigenvalue weighted by Gasteiger charge is 2.21. The molecule has 0 radical (unpaired) electrons. The van der Waals surface area contributed by atoms with Crippen LogP contribution in [-0.4, -0.2) is 0 Å². The summed E-state index contributed by atoms with van der Waals surface area (Å²) in [6.45, 7) is 4.32. The molecule has 0 saturated carbocycles. The van der Waals surface area contributed by atoms with E-state index >= 15 is 0 Å². The first kappa shape index (κ1) is 11.5. The first-order chi connectivity index (χ1) is 8.65. The van der Waals surface area contributed by atoms with Gasteiger partial charge in [-0.15, -0.1) is 0 Å². The molecule has 0 saturated heterocycles. The molecule has 1 nitrogen and oxygen atoms in total. The van der Waals surface area contributed by atoms with Gasteiger partial charge in [-0.05, 0) is 48.9 Å². The largest absolute Gasteiger partial charge is 0.324 e. The van der Waals surface area contributed by atoms with Crippen LogP contribution in [-0.2, 0) is 6.42 Å². The molecule has 0 heterocycles. The molecule has 0 amide bonds. The minimum absolute atomic E-state index is 0.228. The number of hydrogen-bond acceptors (Lipinski definition) is 1. The molecule has 2 N–H and O–H groups in total. The van der Waals surface area contributed by atoms with E-state index < -0.39 is 0 Å². The van der Waals surface area contributed by atoms with Gasteiger partial charge in [-0.2, -0.15) is 0 Å². The topological polar surface area (TPSA) is 26.0 Å². The molecule has 1 aliphatic rings. The molecular weight excluding hydrogens is 218 g/mol. The van der Waals surface area contributed by atoms with Crippen LogP contribution in [0.4, 0.5) is 0 Å². The van der Waals surface area contributed by atoms with Crippen LogP contribution in [0.15, 0.2) is 36.4 Å². The molecule has 92 valence electrons. The lowest BCUT2D eigenvalue weighted by molar-refractivity contribution is 0.713. The van der Waals surface area contributed by atoms with E-state index in [-0.39, 0.29) is 6.04 Å². The third kappa shape index (κ3) is 1.85. The second-order valence-electron chi connectivity index (χ2n) is 5.39. The standard InChI is InChI=1S/C17H19N/c1-11-8-12(2)10-13(9-11)14-4-3-5-16-15(14)6-7-17(16)18/h3-5,8-10,17H,6-7,18H2,1-2H3. The smallest absolute Gasteiger partial charge is 0.0300 e. The van der Waals surface area contributed by atoms with Crippen molar-refractivity contribution >= 4 is 0 Å². The predicted octanol–water partition coefficient (Wildman–Crippen LogP) is 3.92. The third-order valence-electron chi connectivity index (χ3n) is 3.85. The SMILES string of the molecule is Cc1cc(C)cc(-c2cccc3c2CCC3N)c1. The summed E-state index contributed by atoms with van der Waals surface area (Å²) in [4.78, 5) is 0. The number of nitrogens with two attached hydrogens (primary N) is 1. The number of rotatable bonds is 1. The van der Waals surface area contributed by atoms with Crippen LogP contribution in [0.5, 0.6) is 0 Å². The van der Waals surface area contributed by atoms with Gasteiger partial charge in [-0.3, -0.25) is 0 Å². The fraction of sp³-hybridized carbons (Fsp3) is 0.294. The minimum atomic E-state index is 0.228. The van der Waals surface area contributed by atoms with Crippen molar-refractivity contribution in [3.8, 4) is 11.1 Å². The molecule has 0 fully saturated rings. The van der Waals surface area contributed by atoms with Gasteiger partial charge in [-0.1, -0.05) is 47.5 Å². The minimum Gasteiger partial charge on any atom is -0.324 e. The third-order valence-corrected chi connectivity index (χ3v) is 3.85. The Morgan fingerprint density at radius 3 is 2.50 bits per heavy atom. The van der Waals surface area contributed by atoms with E-state index in [2.05, 4.69) is 50.2 Å². The second-order valence-corrected chi connectivity index (χ2v) is 5.39. The average molecular weight is 237 g/mol. The number of fused-ring (bicyclic) bond motifs is 1. The van der Waals surface area contributed by atoms with Gasteiger partial charge in [0.15, 0.2) is 0 Å². The lowest BCUT2D eigenvalue weighted by Gasteiger charge is -2.11. The highest BCUT2D eigenvalue weighted by Crippen LogP contribution is 2.36. The van der Waals surface area contributed by atoms with Crippen molar-refractivity contribution in [2.75, 3.05) is 0 Å². The fourth-order valence-corrected chi connectivity index (χ4v) is 3.09. The predicted molar refractivity (Wildman–Crippen MR) is 76.6 cm³/mol. The van der Waals surface area contributed by atoms with E-state index in [0.717, 1.165) is 12.8 Å². The average Bonchev–Trinajstić information content (AvgIpc) is 2.70. The molecule has 3 rings (SSSR count). The van der Waals surface area contributed by atoms with Gasteiger partial charge in [0.1, 0.15) is 0 Å². The van der Waals surface area contributed by atoms with Crippen molar-refractivity contribution in [1.29, 1.82) is 0 Å². The molecule has 0 bridgehead atoms. The van der Waals surface area contributed by atoms with Gasteiger partial charge in [-0.25, -0.2) is 0 Å². The lowest BCUT2D eigenvalue weighted by Crippen LogP contribution is -2.04. The van der Waals surface area contributed by atoms with Crippen LogP contribution in [0.2, 0.25) is 0 Å². The molecule has 1 atom stereocenters. The molecule has 0 aliphatic heterocycles. The van der Waals surface area contributed by atoms with Crippen LogP contribution in [0.1, 0.15) is 34.7 Å². The number of hydrogen-bond donors (Lipinski definition) is 1. The highest BCUT2D eigenvalue weighted by atomic mass is 14.6. The van der Waals surface area contributed by atoms with Gasteiger partial charge in [0.25, 0.3) is 0 Å². The van der Waals surface area contributed by atoms with Crippen LogP contribution in [0, 0.1) is 13.8 Å². The van der Waals surface area contributed by atoms with E-state index in [1.807, 2.05) is 0 Å². The molecule has 1 aliphatic carbocycles. The maximum atomic E-state index is 6.15. The summed E-state index contributed by atoms with van der Waals surface area (Å²) < 4.78 is 0. The summed E-state index contributed by atoms with van der Waals surface area (Å²) in [6.07, 6.45) is 2.19. The monoisotopic (exact) mass is 237 g/mol. The summed E-state index contributed by atoms with van der Waals surface area (Å²) in [5.74, 6) is 0. The first-order valence-electron chi connectivity index (χ1n) is 6.61.